The summed E-state index contributed by atoms with van der Waals surface area (Å²) >= 11 is 1.43. The van der Waals surface area contributed by atoms with Crippen molar-refractivity contribution in [1.82, 2.24) is 4.98 Å². The van der Waals surface area contributed by atoms with Crippen LogP contribution in [0.4, 0.5) is 11.4 Å². The molecule has 2 heterocycles. The van der Waals surface area contributed by atoms with Crippen molar-refractivity contribution >= 4 is 32.9 Å². The third kappa shape index (κ3) is 2.71. The van der Waals surface area contributed by atoms with E-state index in [4.69, 9.17) is 5.73 Å². The standard InChI is InChI=1S/C14H18N4O2S/c15-6-5-10-2-1-7-17(8-10)11-3-4-12-13(16-9-21-12)14(11)18(19)20/h3-4,9-10H,1-2,5-8,15H2. The van der Waals surface area contributed by atoms with Gasteiger partial charge in [0.05, 0.1) is 15.1 Å². The van der Waals surface area contributed by atoms with E-state index < -0.39 is 0 Å². The molecule has 3 rings (SSSR count). The summed E-state index contributed by atoms with van der Waals surface area (Å²) in [5, 5.41) is 11.5. The highest BCUT2D eigenvalue weighted by molar-refractivity contribution is 7.16. The number of nitrogens with two attached hydrogens (primary N) is 1. The third-order valence-electron chi connectivity index (χ3n) is 4.07. The average molecular weight is 306 g/mol. The molecule has 112 valence electrons. The SMILES string of the molecule is NCCC1CCCN(c2ccc3scnc3c2[N+](=O)[O-])C1. The Labute approximate surface area is 126 Å². The number of benzene rings is 1. The predicted octanol–water partition coefficient (Wildman–Crippen LogP) is 2.77. The summed E-state index contributed by atoms with van der Waals surface area (Å²) in [7, 11) is 0. The molecule has 1 atom stereocenters. The molecule has 0 aliphatic carbocycles. The maximum absolute atomic E-state index is 11.5. The minimum atomic E-state index is -0.302. The number of aromatic nitrogens is 1. The molecule has 21 heavy (non-hydrogen) atoms. The fourth-order valence-corrected chi connectivity index (χ4v) is 3.78. The molecule has 0 amide bonds. The van der Waals surface area contributed by atoms with Crippen LogP contribution in [0.15, 0.2) is 17.6 Å². The number of rotatable bonds is 4. The van der Waals surface area contributed by atoms with Crippen LogP contribution in [0.25, 0.3) is 10.2 Å². The zero-order valence-electron chi connectivity index (χ0n) is 11.7. The van der Waals surface area contributed by atoms with E-state index in [1.165, 1.54) is 11.3 Å². The van der Waals surface area contributed by atoms with Crippen LogP contribution < -0.4 is 10.6 Å². The van der Waals surface area contributed by atoms with Gasteiger partial charge in [0.15, 0.2) is 5.52 Å². The van der Waals surface area contributed by atoms with Crippen molar-refractivity contribution in [3.05, 3.63) is 27.8 Å². The van der Waals surface area contributed by atoms with Crippen LogP contribution in [0, 0.1) is 16.0 Å². The van der Waals surface area contributed by atoms with Gasteiger partial charge in [0.1, 0.15) is 5.69 Å². The Kier molecular flexibility index (Phi) is 4.03. The van der Waals surface area contributed by atoms with Crippen molar-refractivity contribution in [2.45, 2.75) is 19.3 Å². The number of nitro groups is 1. The van der Waals surface area contributed by atoms with Crippen LogP contribution in [-0.2, 0) is 0 Å². The molecule has 1 aromatic carbocycles. The first-order valence-electron chi connectivity index (χ1n) is 7.16. The topological polar surface area (TPSA) is 85.3 Å². The Morgan fingerprint density at radius 2 is 2.38 bits per heavy atom. The van der Waals surface area contributed by atoms with E-state index in [0.29, 0.717) is 23.7 Å². The van der Waals surface area contributed by atoms with Crippen molar-refractivity contribution in [3.63, 3.8) is 0 Å². The lowest BCUT2D eigenvalue weighted by Gasteiger charge is -2.34. The molecule has 1 fully saturated rings. The highest BCUT2D eigenvalue weighted by atomic mass is 32.1. The number of nitro benzene ring substituents is 1. The minimum absolute atomic E-state index is 0.141. The van der Waals surface area contributed by atoms with Crippen LogP contribution in [0.1, 0.15) is 19.3 Å². The van der Waals surface area contributed by atoms with Gasteiger partial charge < -0.3 is 10.6 Å². The fraction of sp³-hybridized carbons (Fsp3) is 0.500. The Morgan fingerprint density at radius 3 is 3.14 bits per heavy atom. The number of nitrogens with zero attached hydrogens (tertiary/aromatic N) is 3. The van der Waals surface area contributed by atoms with Crippen LogP contribution >= 0.6 is 11.3 Å². The first-order valence-corrected chi connectivity index (χ1v) is 8.04. The number of hydrogen-bond acceptors (Lipinski definition) is 6. The molecule has 1 aliphatic heterocycles. The van der Waals surface area contributed by atoms with Crippen LogP contribution in [0.3, 0.4) is 0 Å². The summed E-state index contributed by atoms with van der Waals surface area (Å²) in [6.07, 6.45) is 3.18. The summed E-state index contributed by atoms with van der Waals surface area (Å²) in [6, 6.07) is 3.80. The second-order valence-electron chi connectivity index (χ2n) is 5.42. The van der Waals surface area contributed by atoms with Gasteiger partial charge in [-0.3, -0.25) is 10.1 Å². The normalized spacial score (nSPS) is 19.1. The largest absolute Gasteiger partial charge is 0.366 e. The van der Waals surface area contributed by atoms with Gasteiger partial charge in [0, 0.05) is 13.1 Å². The van der Waals surface area contributed by atoms with Gasteiger partial charge in [-0.2, -0.15) is 0 Å². The molecule has 1 aromatic heterocycles. The van der Waals surface area contributed by atoms with E-state index in [-0.39, 0.29) is 10.6 Å². The van der Waals surface area contributed by atoms with Gasteiger partial charge in [0.2, 0.25) is 0 Å². The van der Waals surface area contributed by atoms with Gasteiger partial charge >= 0.3 is 5.69 Å². The fourth-order valence-electron chi connectivity index (χ4n) is 3.10. The molecule has 0 radical (unpaired) electrons. The molecule has 0 spiro atoms. The highest BCUT2D eigenvalue weighted by Crippen LogP contribution is 2.38. The molecule has 2 N–H and O–H groups in total. The average Bonchev–Trinajstić information content (AvgIpc) is 2.95. The summed E-state index contributed by atoms with van der Waals surface area (Å²) in [6.45, 7) is 2.37. The second-order valence-corrected chi connectivity index (χ2v) is 6.31. The zero-order valence-corrected chi connectivity index (χ0v) is 12.5. The maximum Gasteiger partial charge on any atom is 0.319 e. The number of piperidine rings is 1. The number of fused-ring (bicyclic) bond motifs is 1. The zero-order chi connectivity index (χ0) is 14.8. The van der Waals surface area contributed by atoms with Gasteiger partial charge in [-0.25, -0.2) is 4.98 Å². The lowest BCUT2D eigenvalue weighted by Crippen LogP contribution is -2.36. The molecule has 2 aromatic rings. The van der Waals surface area contributed by atoms with Gasteiger partial charge in [-0.05, 0) is 43.9 Å². The van der Waals surface area contributed by atoms with Crippen molar-refractivity contribution in [2.75, 3.05) is 24.5 Å². The summed E-state index contributed by atoms with van der Waals surface area (Å²) < 4.78 is 0.862. The highest BCUT2D eigenvalue weighted by Gasteiger charge is 2.28. The van der Waals surface area contributed by atoms with E-state index in [1.54, 1.807) is 5.51 Å². The number of anilines is 1. The molecular formula is C14H18N4O2S. The van der Waals surface area contributed by atoms with E-state index >= 15 is 0 Å². The molecule has 7 heteroatoms. The van der Waals surface area contributed by atoms with Gasteiger partial charge in [-0.1, -0.05) is 0 Å². The molecule has 1 saturated heterocycles. The Balaban J connectivity index is 1.99. The van der Waals surface area contributed by atoms with E-state index in [1.807, 2.05) is 12.1 Å². The summed E-state index contributed by atoms with van der Waals surface area (Å²) in [5.41, 5.74) is 8.65. The van der Waals surface area contributed by atoms with E-state index in [0.717, 1.165) is 37.1 Å². The van der Waals surface area contributed by atoms with Crippen LogP contribution in [-0.4, -0.2) is 29.5 Å². The quantitative estimate of drug-likeness (QED) is 0.693. The Hall–Kier alpha value is -1.73. The monoisotopic (exact) mass is 306 g/mol. The first-order chi connectivity index (χ1) is 10.2. The van der Waals surface area contributed by atoms with E-state index in [2.05, 4.69) is 9.88 Å². The molecule has 0 bridgehead atoms. The van der Waals surface area contributed by atoms with Crippen molar-refractivity contribution in [1.29, 1.82) is 0 Å². The van der Waals surface area contributed by atoms with Crippen LogP contribution in [0.5, 0.6) is 0 Å². The number of thiazole rings is 1. The van der Waals surface area contributed by atoms with Gasteiger partial charge in [-0.15, -0.1) is 11.3 Å². The van der Waals surface area contributed by atoms with Crippen LogP contribution in [0.2, 0.25) is 0 Å². The van der Waals surface area contributed by atoms with Crippen molar-refractivity contribution in [2.24, 2.45) is 11.7 Å². The predicted molar refractivity (Wildman–Crippen MR) is 84.9 cm³/mol. The first kappa shape index (κ1) is 14.2. The smallest absolute Gasteiger partial charge is 0.319 e. The number of hydrogen-bond donors (Lipinski definition) is 1. The lowest BCUT2D eigenvalue weighted by molar-refractivity contribution is -0.382. The second kappa shape index (κ2) is 5.95. The summed E-state index contributed by atoms with van der Waals surface area (Å²) in [5.74, 6) is 0.523. The maximum atomic E-state index is 11.5. The Bertz CT molecular complexity index is 655. The van der Waals surface area contributed by atoms with Crippen molar-refractivity contribution in [3.8, 4) is 0 Å². The molecule has 6 nitrogen and oxygen atoms in total. The van der Waals surface area contributed by atoms with Crippen molar-refractivity contribution < 1.29 is 4.92 Å². The van der Waals surface area contributed by atoms with Gasteiger partial charge in [0.25, 0.3) is 0 Å². The summed E-state index contributed by atoms with van der Waals surface area (Å²) in [4.78, 5) is 17.5. The molecule has 1 aliphatic rings. The van der Waals surface area contributed by atoms with E-state index in [9.17, 15) is 10.1 Å². The minimum Gasteiger partial charge on any atom is -0.366 e. The third-order valence-corrected chi connectivity index (χ3v) is 4.87. The Morgan fingerprint density at radius 1 is 1.52 bits per heavy atom. The molecule has 0 saturated carbocycles. The lowest BCUT2D eigenvalue weighted by atomic mass is 9.94. The molecular weight excluding hydrogens is 288 g/mol. The molecule has 1 unspecified atom stereocenters.